The number of nitrogens with zero attached hydrogens (tertiary/aromatic N) is 2. The Balaban J connectivity index is 2.53. The van der Waals surface area contributed by atoms with Crippen molar-refractivity contribution in [3.05, 3.63) is 41.1 Å². The summed E-state index contributed by atoms with van der Waals surface area (Å²) < 4.78 is 0. The maximum absolute atomic E-state index is 13.6. The molecule has 2 atom stereocenters. The first kappa shape index (κ1) is 29.4. The standard InChI is InChI=1S/C23H30N6O7S/c1-13(30)26-17(11-19(31)32)20(33)28(18(22(35)36)4-2-3-9-24)29-21(34)16(27-23(29)37)10-14-5-7-15(12-25)8-6-14/h5-8,10,17-18H,2-4,9,11-12,24-25H2,1H3,(H,26,30)(H,27,37)(H,31,32)(H,35,36)/t17-,18-/m0/s1. The molecule has 2 rings (SSSR count). The highest BCUT2D eigenvalue weighted by Gasteiger charge is 2.45. The fourth-order valence-electron chi connectivity index (χ4n) is 3.64. The average molecular weight is 535 g/mol. The van der Waals surface area contributed by atoms with Crippen LogP contribution >= 0.6 is 12.2 Å². The molecule has 1 aromatic rings. The number of carbonyl (C=O) groups excluding carboxylic acids is 3. The predicted molar refractivity (Wildman–Crippen MR) is 136 cm³/mol. The van der Waals surface area contributed by atoms with Gasteiger partial charge < -0.3 is 32.3 Å². The molecule has 0 unspecified atom stereocenters. The van der Waals surface area contributed by atoms with Gasteiger partial charge in [-0.25, -0.2) is 9.80 Å². The third kappa shape index (κ3) is 7.80. The van der Waals surface area contributed by atoms with Gasteiger partial charge in [-0.05, 0) is 55.2 Å². The van der Waals surface area contributed by atoms with Crippen LogP contribution in [0.4, 0.5) is 0 Å². The van der Waals surface area contributed by atoms with Crippen molar-refractivity contribution in [2.45, 2.75) is 51.2 Å². The molecule has 0 saturated carbocycles. The summed E-state index contributed by atoms with van der Waals surface area (Å²) in [6, 6.07) is 3.70. The van der Waals surface area contributed by atoms with Gasteiger partial charge in [0.2, 0.25) is 11.0 Å². The Bertz CT molecular complexity index is 1080. The second kappa shape index (κ2) is 13.4. The Morgan fingerprint density at radius 3 is 2.32 bits per heavy atom. The van der Waals surface area contributed by atoms with Crippen LogP contribution in [-0.2, 0) is 30.5 Å². The lowest BCUT2D eigenvalue weighted by Gasteiger charge is -2.36. The van der Waals surface area contributed by atoms with Gasteiger partial charge in [0, 0.05) is 13.5 Å². The van der Waals surface area contributed by atoms with Crippen LogP contribution in [0, 0.1) is 0 Å². The number of thiocarbonyl (C=S) groups is 1. The van der Waals surface area contributed by atoms with E-state index >= 15 is 0 Å². The lowest BCUT2D eigenvalue weighted by atomic mass is 10.1. The molecular weight excluding hydrogens is 504 g/mol. The molecule has 37 heavy (non-hydrogen) atoms. The highest BCUT2D eigenvalue weighted by atomic mass is 32.1. The zero-order chi connectivity index (χ0) is 27.7. The van der Waals surface area contributed by atoms with Crippen molar-refractivity contribution in [1.29, 1.82) is 0 Å². The number of carboxylic acids is 2. The normalized spacial score (nSPS) is 15.8. The lowest BCUT2D eigenvalue weighted by molar-refractivity contribution is -0.168. The molecule has 1 fully saturated rings. The smallest absolute Gasteiger partial charge is 0.328 e. The summed E-state index contributed by atoms with van der Waals surface area (Å²) in [5.41, 5.74) is 12.5. The van der Waals surface area contributed by atoms with E-state index in [0.29, 0.717) is 35.0 Å². The van der Waals surface area contributed by atoms with Gasteiger partial charge in [-0.1, -0.05) is 24.3 Å². The molecule has 200 valence electrons. The molecule has 0 aromatic heterocycles. The number of unbranched alkanes of at least 4 members (excludes halogenated alkanes) is 1. The molecule has 3 amide bonds. The van der Waals surface area contributed by atoms with Gasteiger partial charge in [-0.3, -0.25) is 19.2 Å². The zero-order valence-corrected chi connectivity index (χ0v) is 21.0. The maximum Gasteiger partial charge on any atom is 0.328 e. The highest BCUT2D eigenvalue weighted by Crippen LogP contribution is 2.23. The van der Waals surface area contributed by atoms with Gasteiger partial charge in [0.25, 0.3) is 11.8 Å². The fourth-order valence-corrected chi connectivity index (χ4v) is 3.92. The summed E-state index contributed by atoms with van der Waals surface area (Å²) in [5, 5.41) is 25.2. The van der Waals surface area contributed by atoms with Crippen LogP contribution in [0.1, 0.15) is 43.7 Å². The molecule has 0 radical (unpaired) electrons. The van der Waals surface area contributed by atoms with Gasteiger partial charge in [-0.15, -0.1) is 0 Å². The molecule has 1 aromatic carbocycles. The quantitative estimate of drug-likeness (QED) is 0.108. The van der Waals surface area contributed by atoms with E-state index in [9.17, 15) is 34.2 Å². The number of carboxylic acid groups (broad SMARTS) is 2. The van der Waals surface area contributed by atoms with E-state index in [-0.39, 0.29) is 23.8 Å². The molecule has 1 aliphatic rings. The molecule has 13 nitrogen and oxygen atoms in total. The zero-order valence-electron chi connectivity index (χ0n) is 20.2. The van der Waals surface area contributed by atoms with E-state index in [0.717, 1.165) is 12.5 Å². The first-order valence-electron chi connectivity index (χ1n) is 11.4. The molecule has 0 bridgehead atoms. The molecule has 8 N–H and O–H groups in total. The van der Waals surface area contributed by atoms with Crippen LogP contribution in [0.25, 0.3) is 6.08 Å². The van der Waals surface area contributed by atoms with Crippen LogP contribution in [0.2, 0.25) is 0 Å². The predicted octanol–water partition coefficient (Wildman–Crippen LogP) is -0.492. The summed E-state index contributed by atoms with van der Waals surface area (Å²) in [4.78, 5) is 62.3. The number of nitrogens with one attached hydrogen (secondary N) is 2. The SMILES string of the molecule is CC(=O)N[C@@H](CC(=O)O)C(=O)N([C@@H](CCCCN)C(=O)O)N1C(=O)C(=Cc2ccc(CN)cc2)NC1=S. The summed E-state index contributed by atoms with van der Waals surface area (Å²) >= 11 is 5.28. The van der Waals surface area contributed by atoms with Crippen molar-refractivity contribution >= 4 is 53.1 Å². The minimum absolute atomic E-state index is 0.0382. The Morgan fingerprint density at radius 1 is 1.16 bits per heavy atom. The Labute approximate surface area is 218 Å². The Kier molecular flexibility index (Phi) is 10.7. The van der Waals surface area contributed by atoms with Gasteiger partial charge in [0.05, 0.1) is 6.42 Å². The molecule has 0 aliphatic carbocycles. The fraction of sp³-hybridized carbons (Fsp3) is 0.391. The minimum atomic E-state index is -1.65. The molecule has 14 heteroatoms. The second-order valence-electron chi connectivity index (χ2n) is 8.22. The third-order valence-electron chi connectivity index (χ3n) is 5.39. The monoisotopic (exact) mass is 534 g/mol. The Morgan fingerprint density at radius 2 is 1.81 bits per heavy atom. The third-order valence-corrected chi connectivity index (χ3v) is 5.67. The minimum Gasteiger partial charge on any atom is -0.481 e. The van der Waals surface area contributed by atoms with Crippen LogP contribution in [0.3, 0.4) is 0 Å². The number of hydrogen-bond donors (Lipinski definition) is 6. The number of carbonyl (C=O) groups is 5. The van der Waals surface area contributed by atoms with Gasteiger partial charge in [-0.2, -0.15) is 5.01 Å². The summed E-state index contributed by atoms with van der Waals surface area (Å²) in [6.07, 6.45) is 1.24. The van der Waals surface area contributed by atoms with Crippen LogP contribution < -0.4 is 22.1 Å². The molecule has 1 saturated heterocycles. The van der Waals surface area contributed by atoms with E-state index in [4.69, 9.17) is 23.7 Å². The van der Waals surface area contributed by atoms with Crippen molar-refractivity contribution in [2.75, 3.05) is 6.54 Å². The number of hydrogen-bond acceptors (Lipinski definition) is 8. The largest absolute Gasteiger partial charge is 0.481 e. The summed E-state index contributed by atoms with van der Waals surface area (Å²) in [7, 11) is 0. The van der Waals surface area contributed by atoms with Gasteiger partial charge >= 0.3 is 11.9 Å². The van der Waals surface area contributed by atoms with Crippen molar-refractivity contribution < 1.29 is 34.2 Å². The Hall–Kier alpha value is -3.88. The first-order chi connectivity index (χ1) is 17.5. The van der Waals surface area contributed by atoms with Crippen molar-refractivity contribution in [2.24, 2.45) is 11.5 Å². The van der Waals surface area contributed by atoms with E-state index < -0.39 is 48.2 Å². The van der Waals surface area contributed by atoms with E-state index in [1.54, 1.807) is 24.3 Å². The molecule has 1 heterocycles. The number of rotatable bonds is 13. The lowest BCUT2D eigenvalue weighted by Crippen LogP contribution is -2.62. The van der Waals surface area contributed by atoms with Crippen LogP contribution in [0.5, 0.6) is 0 Å². The number of hydrazine groups is 1. The van der Waals surface area contributed by atoms with E-state index in [2.05, 4.69) is 10.6 Å². The van der Waals surface area contributed by atoms with Crippen LogP contribution in [-0.4, -0.2) is 73.6 Å². The van der Waals surface area contributed by atoms with Crippen molar-refractivity contribution in [3.63, 3.8) is 0 Å². The molecule has 1 aliphatic heterocycles. The topological polar surface area (TPSA) is 208 Å². The van der Waals surface area contributed by atoms with Crippen molar-refractivity contribution in [1.82, 2.24) is 20.7 Å². The van der Waals surface area contributed by atoms with E-state index in [1.807, 2.05) is 0 Å². The maximum atomic E-state index is 13.6. The molecular formula is C23H30N6O7S. The van der Waals surface area contributed by atoms with Crippen molar-refractivity contribution in [3.8, 4) is 0 Å². The molecule has 0 spiro atoms. The second-order valence-corrected chi connectivity index (χ2v) is 8.61. The summed E-state index contributed by atoms with van der Waals surface area (Å²) in [6.45, 7) is 1.67. The van der Waals surface area contributed by atoms with Gasteiger partial charge in [0.15, 0.2) is 6.04 Å². The number of nitrogens with two attached hydrogens (primary N) is 2. The number of aliphatic carboxylic acids is 2. The number of benzene rings is 1. The number of amides is 3. The summed E-state index contributed by atoms with van der Waals surface area (Å²) in [5.74, 6) is -5.54. The first-order valence-corrected chi connectivity index (χ1v) is 11.8. The van der Waals surface area contributed by atoms with Gasteiger partial charge in [0.1, 0.15) is 11.7 Å². The highest BCUT2D eigenvalue weighted by molar-refractivity contribution is 7.80. The average Bonchev–Trinajstić information content (AvgIpc) is 3.10. The van der Waals surface area contributed by atoms with Crippen LogP contribution in [0.15, 0.2) is 30.0 Å². The van der Waals surface area contributed by atoms with E-state index in [1.165, 1.54) is 6.08 Å².